The van der Waals surface area contributed by atoms with E-state index in [1.165, 1.54) is 0 Å². The lowest BCUT2D eigenvalue weighted by molar-refractivity contribution is -0.110. The Bertz CT molecular complexity index is 366. The van der Waals surface area contributed by atoms with E-state index in [4.69, 9.17) is 0 Å². The normalized spacial score (nSPS) is 20.0. The molecule has 2 aliphatic rings. The largest absolute Gasteiger partial charge is 0.290 e. The van der Waals surface area contributed by atoms with Crippen molar-refractivity contribution in [3.8, 4) is 0 Å². The van der Waals surface area contributed by atoms with E-state index in [9.17, 15) is 4.79 Å². The molecule has 0 atom stereocenters. The minimum atomic E-state index is 0.0439. The monoisotopic (exact) mass is 210 g/mol. The summed E-state index contributed by atoms with van der Waals surface area (Å²) in [6, 6.07) is 0. The topological polar surface area (TPSA) is 17.1 Å². The fourth-order valence-corrected chi connectivity index (χ4v) is 1.62. The SMILES string of the molecule is O=C(C=CC1C=CC=C1)C=CC1C=CC=C1. The molecule has 16 heavy (non-hydrogen) atoms. The van der Waals surface area contributed by atoms with Crippen molar-refractivity contribution in [3.63, 3.8) is 0 Å². The maximum absolute atomic E-state index is 11.5. The highest BCUT2D eigenvalue weighted by Gasteiger charge is 2.00. The van der Waals surface area contributed by atoms with E-state index in [0.717, 1.165) is 0 Å². The Kier molecular flexibility index (Phi) is 3.50. The second kappa shape index (κ2) is 5.26. The van der Waals surface area contributed by atoms with Crippen molar-refractivity contribution in [2.45, 2.75) is 0 Å². The first-order chi connectivity index (χ1) is 7.84. The van der Waals surface area contributed by atoms with Crippen LogP contribution in [-0.2, 0) is 4.79 Å². The van der Waals surface area contributed by atoms with Crippen LogP contribution < -0.4 is 0 Å². The molecule has 0 radical (unpaired) electrons. The van der Waals surface area contributed by atoms with Gasteiger partial charge in [0.2, 0.25) is 0 Å². The van der Waals surface area contributed by atoms with Gasteiger partial charge in [-0.05, 0) is 12.2 Å². The number of hydrogen-bond acceptors (Lipinski definition) is 1. The summed E-state index contributed by atoms with van der Waals surface area (Å²) in [5.41, 5.74) is 0. The molecule has 2 aliphatic carbocycles. The van der Waals surface area contributed by atoms with Gasteiger partial charge < -0.3 is 0 Å². The minimum absolute atomic E-state index is 0.0439. The summed E-state index contributed by atoms with van der Waals surface area (Å²) in [7, 11) is 0. The van der Waals surface area contributed by atoms with Crippen LogP contribution in [0.3, 0.4) is 0 Å². The Morgan fingerprint density at radius 2 is 1.12 bits per heavy atom. The Morgan fingerprint density at radius 1 is 0.750 bits per heavy atom. The van der Waals surface area contributed by atoms with Gasteiger partial charge in [0, 0.05) is 11.8 Å². The van der Waals surface area contributed by atoms with Gasteiger partial charge in [0.1, 0.15) is 0 Å². The average molecular weight is 210 g/mol. The molecule has 0 bridgehead atoms. The van der Waals surface area contributed by atoms with Gasteiger partial charge >= 0.3 is 0 Å². The zero-order valence-corrected chi connectivity index (χ0v) is 8.99. The highest BCUT2D eigenvalue weighted by molar-refractivity contribution is 5.99. The molecule has 0 aromatic heterocycles. The number of carbonyl (C=O) groups is 1. The van der Waals surface area contributed by atoms with Crippen molar-refractivity contribution in [2.75, 3.05) is 0 Å². The summed E-state index contributed by atoms with van der Waals surface area (Å²) in [4.78, 5) is 11.5. The van der Waals surface area contributed by atoms with Crippen LogP contribution in [0.1, 0.15) is 0 Å². The van der Waals surface area contributed by atoms with Crippen molar-refractivity contribution in [1.29, 1.82) is 0 Å². The fourth-order valence-electron chi connectivity index (χ4n) is 1.62. The van der Waals surface area contributed by atoms with Crippen LogP contribution in [0, 0.1) is 11.8 Å². The summed E-state index contributed by atoms with van der Waals surface area (Å²) >= 11 is 0. The van der Waals surface area contributed by atoms with Crippen LogP contribution in [0.5, 0.6) is 0 Å². The third-order valence-electron chi connectivity index (χ3n) is 2.52. The molecule has 0 aliphatic heterocycles. The van der Waals surface area contributed by atoms with Gasteiger partial charge in [-0.2, -0.15) is 0 Å². The van der Waals surface area contributed by atoms with Crippen LogP contribution >= 0.6 is 0 Å². The fraction of sp³-hybridized carbons (Fsp3) is 0.133. The van der Waals surface area contributed by atoms with E-state index in [-0.39, 0.29) is 17.6 Å². The molecule has 80 valence electrons. The van der Waals surface area contributed by atoms with Crippen LogP contribution in [0.4, 0.5) is 0 Å². The molecular weight excluding hydrogens is 196 g/mol. The van der Waals surface area contributed by atoms with E-state index >= 15 is 0 Å². The van der Waals surface area contributed by atoms with Gasteiger partial charge in [-0.25, -0.2) is 0 Å². The first-order valence-electron chi connectivity index (χ1n) is 5.45. The molecule has 1 heteroatoms. The van der Waals surface area contributed by atoms with Gasteiger partial charge in [0.15, 0.2) is 5.78 Å². The summed E-state index contributed by atoms with van der Waals surface area (Å²) < 4.78 is 0. The second-order valence-corrected chi connectivity index (χ2v) is 3.81. The molecule has 0 aromatic rings. The van der Waals surface area contributed by atoms with Crippen LogP contribution in [0.25, 0.3) is 0 Å². The molecule has 1 nitrogen and oxygen atoms in total. The standard InChI is InChI=1S/C15H14O/c16-15(11-9-13-5-1-2-6-13)12-10-14-7-3-4-8-14/h1-14H. The molecule has 0 aromatic carbocycles. The van der Waals surface area contributed by atoms with Crippen LogP contribution in [0.2, 0.25) is 0 Å². The maximum Gasteiger partial charge on any atom is 0.178 e. The molecular formula is C15H14O. The van der Waals surface area contributed by atoms with E-state index in [0.29, 0.717) is 0 Å². The molecule has 0 spiro atoms. The first-order valence-corrected chi connectivity index (χ1v) is 5.45. The van der Waals surface area contributed by atoms with Crippen molar-refractivity contribution in [2.24, 2.45) is 11.8 Å². The molecule has 0 amide bonds. The molecule has 0 unspecified atom stereocenters. The molecule has 0 fully saturated rings. The Morgan fingerprint density at radius 3 is 1.50 bits per heavy atom. The smallest absolute Gasteiger partial charge is 0.178 e. The quantitative estimate of drug-likeness (QED) is 0.651. The number of carbonyl (C=O) groups excluding carboxylic acids is 1. The van der Waals surface area contributed by atoms with Gasteiger partial charge in [0.05, 0.1) is 0 Å². The third-order valence-corrected chi connectivity index (χ3v) is 2.52. The Hall–Kier alpha value is -1.89. The first kappa shape index (κ1) is 10.6. The summed E-state index contributed by atoms with van der Waals surface area (Å²) in [5.74, 6) is 0.606. The third kappa shape index (κ3) is 3.06. The van der Waals surface area contributed by atoms with E-state index in [1.54, 1.807) is 12.2 Å². The van der Waals surface area contributed by atoms with Crippen molar-refractivity contribution in [1.82, 2.24) is 0 Å². The highest BCUT2D eigenvalue weighted by Crippen LogP contribution is 2.11. The number of hydrogen-bond donors (Lipinski definition) is 0. The second-order valence-electron chi connectivity index (χ2n) is 3.81. The van der Waals surface area contributed by atoms with E-state index in [1.807, 2.05) is 36.5 Å². The molecule has 2 rings (SSSR count). The minimum Gasteiger partial charge on any atom is -0.290 e. The predicted octanol–water partition coefficient (Wildman–Crippen LogP) is 3.15. The Balaban J connectivity index is 1.83. The lowest BCUT2D eigenvalue weighted by atomic mass is 10.1. The van der Waals surface area contributed by atoms with E-state index in [2.05, 4.69) is 24.3 Å². The van der Waals surface area contributed by atoms with Crippen molar-refractivity contribution in [3.05, 3.63) is 72.9 Å². The molecule has 0 saturated carbocycles. The summed E-state index contributed by atoms with van der Waals surface area (Å²) in [5, 5.41) is 0. The number of allylic oxidation sites excluding steroid dienone is 12. The Labute approximate surface area is 95.9 Å². The zero-order chi connectivity index (χ0) is 11.2. The molecule has 0 heterocycles. The van der Waals surface area contributed by atoms with Crippen LogP contribution in [0.15, 0.2) is 72.9 Å². The van der Waals surface area contributed by atoms with Crippen molar-refractivity contribution >= 4 is 5.78 Å². The lowest BCUT2D eigenvalue weighted by Gasteiger charge is -1.95. The van der Waals surface area contributed by atoms with Gasteiger partial charge in [-0.15, -0.1) is 0 Å². The summed E-state index contributed by atoms with van der Waals surface area (Å²) in [6.07, 6.45) is 23.2. The van der Waals surface area contributed by atoms with Crippen LogP contribution in [-0.4, -0.2) is 5.78 Å². The lowest BCUT2D eigenvalue weighted by Crippen LogP contribution is -1.90. The average Bonchev–Trinajstić information content (AvgIpc) is 2.96. The van der Waals surface area contributed by atoms with Crippen molar-refractivity contribution < 1.29 is 4.79 Å². The summed E-state index contributed by atoms with van der Waals surface area (Å²) in [6.45, 7) is 0. The van der Waals surface area contributed by atoms with Gasteiger partial charge in [-0.1, -0.05) is 60.8 Å². The maximum atomic E-state index is 11.5. The highest BCUT2D eigenvalue weighted by atomic mass is 16.1. The van der Waals surface area contributed by atoms with Gasteiger partial charge in [0.25, 0.3) is 0 Å². The van der Waals surface area contributed by atoms with Gasteiger partial charge in [-0.3, -0.25) is 4.79 Å². The predicted molar refractivity (Wildman–Crippen MR) is 66.8 cm³/mol. The zero-order valence-electron chi connectivity index (χ0n) is 8.99. The molecule has 0 N–H and O–H groups in total. The number of ketones is 1. The van der Waals surface area contributed by atoms with E-state index < -0.39 is 0 Å². The number of rotatable bonds is 4. The molecule has 0 saturated heterocycles.